The highest BCUT2D eigenvalue weighted by atomic mass is 19.1. The third-order valence-corrected chi connectivity index (χ3v) is 3.67. The molecule has 1 amide bonds. The minimum atomic E-state index is -1.11. The lowest BCUT2D eigenvalue weighted by Gasteiger charge is -2.20. The Hall–Kier alpha value is -1.91. The largest absolute Gasteiger partial charge is 0.480 e. The highest BCUT2D eigenvalue weighted by molar-refractivity contribution is 5.97. The number of carbonyl (C=O) groups is 2. The van der Waals surface area contributed by atoms with Crippen LogP contribution in [-0.4, -0.2) is 23.0 Å². The van der Waals surface area contributed by atoms with Crippen LogP contribution in [0.3, 0.4) is 0 Å². The van der Waals surface area contributed by atoms with E-state index < -0.39 is 23.7 Å². The average Bonchev–Trinajstić information content (AvgIpc) is 2.43. The van der Waals surface area contributed by atoms with Gasteiger partial charge in [-0.2, -0.15) is 0 Å². The number of halogens is 1. The Kier molecular flexibility index (Phi) is 5.88. The van der Waals surface area contributed by atoms with Crippen LogP contribution in [0, 0.1) is 11.7 Å². The van der Waals surface area contributed by atoms with Gasteiger partial charge in [-0.1, -0.05) is 40.2 Å². The summed E-state index contributed by atoms with van der Waals surface area (Å²) < 4.78 is 13.8. The Morgan fingerprint density at radius 2 is 1.90 bits per heavy atom. The zero-order chi connectivity index (χ0) is 16.2. The van der Waals surface area contributed by atoms with E-state index in [1.165, 1.54) is 12.1 Å². The maximum atomic E-state index is 13.8. The third-order valence-electron chi connectivity index (χ3n) is 3.67. The summed E-state index contributed by atoms with van der Waals surface area (Å²) in [5.74, 6) is -2.53. The molecule has 0 bridgehead atoms. The SMILES string of the molecule is CCC(C)C(NC(=O)c1cc(C(C)C)ccc1F)C(=O)O. The standard InChI is InChI=1S/C16H22FNO3/c1-5-10(4)14(16(20)21)18-15(19)12-8-11(9(2)3)6-7-13(12)17/h6-10,14H,5H2,1-4H3,(H,18,19)(H,20,21). The van der Waals surface area contributed by atoms with E-state index in [0.29, 0.717) is 6.42 Å². The van der Waals surface area contributed by atoms with E-state index >= 15 is 0 Å². The fourth-order valence-corrected chi connectivity index (χ4v) is 1.98. The molecule has 0 aliphatic heterocycles. The Morgan fingerprint density at radius 1 is 1.29 bits per heavy atom. The number of carbonyl (C=O) groups excluding carboxylic acids is 1. The number of carboxylic acid groups (broad SMARTS) is 1. The summed E-state index contributed by atoms with van der Waals surface area (Å²) in [5, 5.41) is 11.6. The van der Waals surface area contributed by atoms with Gasteiger partial charge in [0.15, 0.2) is 0 Å². The van der Waals surface area contributed by atoms with Gasteiger partial charge >= 0.3 is 5.97 Å². The molecule has 1 aromatic carbocycles. The lowest BCUT2D eigenvalue weighted by molar-refractivity contribution is -0.140. The Labute approximate surface area is 124 Å². The first-order valence-electron chi connectivity index (χ1n) is 7.11. The second kappa shape index (κ2) is 7.20. The zero-order valence-corrected chi connectivity index (χ0v) is 12.8. The summed E-state index contributed by atoms with van der Waals surface area (Å²) in [7, 11) is 0. The van der Waals surface area contributed by atoms with E-state index in [1.54, 1.807) is 13.0 Å². The Balaban J connectivity index is 3.02. The van der Waals surface area contributed by atoms with Crippen molar-refractivity contribution in [1.29, 1.82) is 0 Å². The van der Waals surface area contributed by atoms with Crippen LogP contribution in [0.4, 0.5) is 4.39 Å². The van der Waals surface area contributed by atoms with Crippen molar-refractivity contribution in [2.24, 2.45) is 5.92 Å². The molecule has 0 aliphatic carbocycles. The molecule has 2 unspecified atom stereocenters. The van der Waals surface area contributed by atoms with Crippen LogP contribution in [0.2, 0.25) is 0 Å². The van der Waals surface area contributed by atoms with Crippen molar-refractivity contribution in [2.75, 3.05) is 0 Å². The second-order valence-electron chi connectivity index (χ2n) is 5.57. The van der Waals surface area contributed by atoms with Crippen LogP contribution >= 0.6 is 0 Å². The molecule has 0 spiro atoms. The first-order valence-corrected chi connectivity index (χ1v) is 7.11. The van der Waals surface area contributed by atoms with Crippen molar-refractivity contribution in [2.45, 2.75) is 46.1 Å². The Bertz CT molecular complexity index is 528. The molecule has 0 aliphatic rings. The highest BCUT2D eigenvalue weighted by Gasteiger charge is 2.26. The van der Waals surface area contributed by atoms with Gasteiger partial charge in [0.2, 0.25) is 0 Å². The van der Waals surface area contributed by atoms with Gasteiger partial charge in [0, 0.05) is 0 Å². The molecule has 2 atom stereocenters. The number of amides is 1. The van der Waals surface area contributed by atoms with Crippen LogP contribution in [-0.2, 0) is 4.79 Å². The van der Waals surface area contributed by atoms with Gasteiger partial charge in [0.05, 0.1) is 5.56 Å². The number of carboxylic acids is 1. The number of hydrogen-bond donors (Lipinski definition) is 2. The normalized spacial score (nSPS) is 13.8. The van der Waals surface area contributed by atoms with Crippen molar-refractivity contribution in [1.82, 2.24) is 5.32 Å². The molecule has 0 saturated carbocycles. The lowest BCUT2D eigenvalue weighted by atomic mass is 9.97. The summed E-state index contributed by atoms with van der Waals surface area (Å²) in [4.78, 5) is 23.4. The summed E-state index contributed by atoms with van der Waals surface area (Å²) in [6.45, 7) is 7.45. The molecule has 0 radical (unpaired) electrons. The van der Waals surface area contributed by atoms with E-state index in [2.05, 4.69) is 5.32 Å². The number of nitrogens with one attached hydrogen (secondary N) is 1. The van der Waals surface area contributed by atoms with Crippen molar-refractivity contribution in [3.63, 3.8) is 0 Å². The molecule has 2 N–H and O–H groups in total. The molecule has 1 rings (SSSR count). The molecule has 5 heteroatoms. The lowest BCUT2D eigenvalue weighted by Crippen LogP contribution is -2.45. The predicted molar refractivity (Wildman–Crippen MR) is 78.8 cm³/mol. The summed E-state index contributed by atoms with van der Waals surface area (Å²) >= 11 is 0. The van der Waals surface area contributed by atoms with Crippen molar-refractivity contribution in [3.05, 3.63) is 35.1 Å². The maximum absolute atomic E-state index is 13.8. The number of hydrogen-bond acceptors (Lipinski definition) is 2. The number of aliphatic carboxylic acids is 1. The van der Waals surface area contributed by atoms with Gasteiger partial charge in [-0.3, -0.25) is 4.79 Å². The second-order valence-corrected chi connectivity index (χ2v) is 5.57. The molecule has 0 saturated heterocycles. The van der Waals surface area contributed by atoms with Gasteiger partial charge in [-0.15, -0.1) is 0 Å². The summed E-state index contributed by atoms with van der Waals surface area (Å²) in [5.41, 5.74) is 0.715. The molecule has 0 heterocycles. The number of benzene rings is 1. The molecule has 0 fully saturated rings. The van der Waals surface area contributed by atoms with Crippen LogP contribution < -0.4 is 5.32 Å². The van der Waals surface area contributed by atoms with E-state index in [-0.39, 0.29) is 17.4 Å². The molecule has 1 aromatic rings. The van der Waals surface area contributed by atoms with Crippen molar-refractivity contribution < 1.29 is 19.1 Å². The molecule has 21 heavy (non-hydrogen) atoms. The minimum absolute atomic E-state index is 0.115. The van der Waals surface area contributed by atoms with Crippen LogP contribution in [0.5, 0.6) is 0 Å². The van der Waals surface area contributed by atoms with Crippen molar-refractivity contribution in [3.8, 4) is 0 Å². The fraction of sp³-hybridized carbons (Fsp3) is 0.500. The average molecular weight is 295 g/mol. The van der Waals surface area contributed by atoms with Gasteiger partial charge in [0.25, 0.3) is 5.91 Å². The fourth-order valence-electron chi connectivity index (χ4n) is 1.98. The van der Waals surface area contributed by atoms with E-state index in [0.717, 1.165) is 5.56 Å². The first kappa shape index (κ1) is 17.1. The zero-order valence-electron chi connectivity index (χ0n) is 12.8. The van der Waals surface area contributed by atoms with Crippen LogP contribution in [0.1, 0.15) is 56.0 Å². The predicted octanol–water partition coefficient (Wildman–Crippen LogP) is 3.18. The molecule has 0 aromatic heterocycles. The highest BCUT2D eigenvalue weighted by Crippen LogP contribution is 2.19. The minimum Gasteiger partial charge on any atom is -0.480 e. The quantitative estimate of drug-likeness (QED) is 0.847. The molecule has 116 valence electrons. The van der Waals surface area contributed by atoms with Gasteiger partial charge in [0.1, 0.15) is 11.9 Å². The van der Waals surface area contributed by atoms with Gasteiger partial charge in [-0.05, 0) is 29.5 Å². The summed E-state index contributed by atoms with van der Waals surface area (Å²) in [6, 6.07) is 3.32. The Morgan fingerprint density at radius 3 is 2.38 bits per heavy atom. The van der Waals surface area contributed by atoms with E-state index in [1.807, 2.05) is 20.8 Å². The van der Waals surface area contributed by atoms with Crippen LogP contribution in [0.15, 0.2) is 18.2 Å². The summed E-state index contributed by atoms with van der Waals surface area (Å²) in [6.07, 6.45) is 0.603. The molecular weight excluding hydrogens is 273 g/mol. The smallest absolute Gasteiger partial charge is 0.326 e. The van der Waals surface area contributed by atoms with Crippen LogP contribution in [0.25, 0.3) is 0 Å². The van der Waals surface area contributed by atoms with E-state index in [4.69, 9.17) is 0 Å². The van der Waals surface area contributed by atoms with Gasteiger partial charge < -0.3 is 10.4 Å². The van der Waals surface area contributed by atoms with Gasteiger partial charge in [-0.25, -0.2) is 9.18 Å². The van der Waals surface area contributed by atoms with Crippen molar-refractivity contribution >= 4 is 11.9 Å². The van der Waals surface area contributed by atoms with E-state index in [9.17, 15) is 19.1 Å². The monoisotopic (exact) mass is 295 g/mol. The topological polar surface area (TPSA) is 66.4 Å². The molecular formula is C16H22FNO3. The maximum Gasteiger partial charge on any atom is 0.326 e. The third kappa shape index (κ3) is 4.28. The molecule has 4 nitrogen and oxygen atoms in total. The first-order chi connectivity index (χ1) is 9.77. The number of rotatable bonds is 6.